The molecule has 104 valence electrons. The van der Waals surface area contributed by atoms with Crippen LogP contribution in [0.4, 0.5) is 0 Å². The molecular formula is C16H15BrO3. The Balaban J connectivity index is 2.14. The molecule has 2 aromatic carbocycles. The third-order valence-corrected chi connectivity index (χ3v) is 3.24. The Labute approximate surface area is 126 Å². The van der Waals surface area contributed by atoms with E-state index in [1.807, 2.05) is 25.1 Å². The highest BCUT2D eigenvalue weighted by atomic mass is 79.9. The maximum Gasteiger partial charge on any atom is 0.338 e. The first-order valence-electron chi connectivity index (χ1n) is 6.31. The molecule has 0 heterocycles. The first-order chi connectivity index (χ1) is 9.60. The zero-order valence-corrected chi connectivity index (χ0v) is 12.9. The van der Waals surface area contributed by atoms with Gasteiger partial charge in [-0.05, 0) is 55.8 Å². The van der Waals surface area contributed by atoms with Crippen molar-refractivity contribution >= 4 is 21.9 Å². The number of esters is 1. The summed E-state index contributed by atoms with van der Waals surface area (Å²) in [5.41, 5.74) is 1.56. The van der Waals surface area contributed by atoms with Crippen LogP contribution in [-0.4, -0.2) is 12.6 Å². The highest BCUT2D eigenvalue weighted by Crippen LogP contribution is 2.28. The number of hydrogen-bond acceptors (Lipinski definition) is 3. The van der Waals surface area contributed by atoms with Crippen LogP contribution in [0.2, 0.25) is 0 Å². The molecule has 0 aliphatic rings. The van der Waals surface area contributed by atoms with Crippen molar-refractivity contribution in [3.05, 3.63) is 58.1 Å². The minimum Gasteiger partial charge on any atom is -0.462 e. The molecule has 0 fully saturated rings. The van der Waals surface area contributed by atoms with Gasteiger partial charge in [0, 0.05) is 4.47 Å². The average Bonchev–Trinajstić information content (AvgIpc) is 2.44. The second-order valence-electron chi connectivity index (χ2n) is 4.26. The molecule has 0 saturated carbocycles. The van der Waals surface area contributed by atoms with E-state index in [0.29, 0.717) is 17.9 Å². The lowest BCUT2D eigenvalue weighted by atomic mass is 10.2. The fourth-order valence-electron chi connectivity index (χ4n) is 1.68. The predicted molar refractivity (Wildman–Crippen MR) is 81.4 cm³/mol. The maximum atomic E-state index is 11.5. The van der Waals surface area contributed by atoms with Crippen LogP contribution in [0.1, 0.15) is 22.8 Å². The van der Waals surface area contributed by atoms with Crippen molar-refractivity contribution in [3.8, 4) is 11.5 Å². The van der Waals surface area contributed by atoms with Crippen LogP contribution >= 0.6 is 15.9 Å². The summed E-state index contributed by atoms with van der Waals surface area (Å²) in [5, 5.41) is 0. The van der Waals surface area contributed by atoms with Crippen LogP contribution < -0.4 is 4.74 Å². The maximum absolute atomic E-state index is 11.5. The lowest BCUT2D eigenvalue weighted by molar-refractivity contribution is 0.0526. The van der Waals surface area contributed by atoms with E-state index in [2.05, 4.69) is 15.9 Å². The van der Waals surface area contributed by atoms with Gasteiger partial charge >= 0.3 is 5.97 Å². The molecule has 0 saturated heterocycles. The lowest BCUT2D eigenvalue weighted by Crippen LogP contribution is -2.04. The second-order valence-corrected chi connectivity index (χ2v) is 5.17. The summed E-state index contributed by atoms with van der Waals surface area (Å²) in [6.07, 6.45) is 0. The van der Waals surface area contributed by atoms with Gasteiger partial charge < -0.3 is 9.47 Å². The van der Waals surface area contributed by atoms with Gasteiger partial charge in [-0.15, -0.1) is 0 Å². The van der Waals surface area contributed by atoms with E-state index in [9.17, 15) is 4.79 Å². The minimum absolute atomic E-state index is 0.322. The molecule has 0 spiro atoms. The van der Waals surface area contributed by atoms with Crippen molar-refractivity contribution in [1.82, 2.24) is 0 Å². The number of carbonyl (C=O) groups excluding carboxylic acids is 1. The van der Waals surface area contributed by atoms with Crippen LogP contribution in [0.5, 0.6) is 11.5 Å². The summed E-state index contributed by atoms with van der Waals surface area (Å²) in [6.45, 7) is 4.13. The van der Waals surface area contributed by atoms with Crippen molar-refractivity contribution in [1.29, 1.82) is 0 Å². The van der Waals surface area contributed by atoms with Gasteiger partial charge in [0.15, 0.2) is 0 Å². The highest BCUT2D eigenvalue weighted by molar-refractivity contribution is 9.10. The van der Waals surface area contributed by atoms with Crippen LogP contribution in [-0.2, 0) is 4.74 Å². The zero-order valence-electron chi connectivity index (χ0n) is 11.4. The van der Waals surface area contributed by atoms with Gasteiger partial charge in [-0.25, -0.2) is 4.79 Å². The van der Waals surface area contributed by atoms with Crippen LogP contribution in [0, 0.1) is 6.92 Å². The first kappa shape index (κ1) is 14.6. The molecule has 3 nitrogen and oxygen atoms in total. The molecule has 0 N–H and O–H groups in total. The van der Waals surface area contributed by atoms with Crippen molar-refractivity contribution in [2.45, 2.75) is 13.8 Å². The fraction of sp³-hybridized carbons (Fsp3) is 0.188. The molecule has 0 aromatic heterocycles. The summed E-state index contributed by atoms with van der Waals surface area (Å²) in [7, 11) is 0. The van der Waals surface area contributed by atoms with E-state index in [4.69, 9.17) is 9.47 Å². The zero-order chi connectivity index (χ0) is 14.5. The predicted octanol–water partition coefficient (Wildman–Crippen LogP) is 4.73. The molecule has 0 unspecified atom stereocenters. The van der Waals surface area contributed by atoms with Crippen LogP contribution in [0.3, 0.4) is 0 Å². The van der Waals surface area contributed by atoms with E-state index in [0.717, 1.165) is 15.8 Å². The van der Waals surface area contributed by atoms with E-state index in [1.54, 1.807) is 31.2 Å². The molecule has 0 atom stereocenters. The van der Waals surface area contributed by atoms with Crippen LogP contribution in [0.25, 0.3) is 0 Å². The van der Waals surface area contributed by atoms with Crippen molar-refractivity contribution in [3.63, 3.8) is 0 Å². The number of hydrogen-bond donors (Lipinski definition) is 0. The molecule has 0 aliphatic carbocycles. The smallest absolute Gasteiger partial charge is 0.338 e. The first-order valence-corrected chi connectivity index (χ1v) is 7.10. The highest BCUT2D eigenvalue weighted by Gasteiger charge is 2.07. The Morgan fingerprint density at radius 3 is 2.50 bits per heavy atom. The van der Waals surface area contributed by atoms with E-state index in [-0.39, 0.29) is 5.97 Å². The minimum atomic E-state index is -0.322. The number of aryl methyl sites for hydroxylation is 1. The molecule has 0 aliphatic heterocycles. The monoisotopic (exact) mass is 334 g/mol. The normalized spacial score (nSPS) is 10.2. The van der Waals surface area contributed by atoms with Gasteiger partial charge in [0.1, 0.15) is 11.5 Å². The standard InChI is InChI=1S/C16H15BrO3/c1-3-19-16(18)12-5-8-14(9-6-12)20-15-10-13(17)7-4-11(15)2/h4-10H,3H2,1-2H3. The summed E-state index contributed by atoms with van der Waals surface area (Å²) in [5.74, 6) is 1.14. The summed E-state index contributed by atoms with van der Waals surface area (Å²) >= 11 is 3.42. The molecule has 4 heteroatoms. The molecular weight excluding hydrogens is 320 g/mol. The number of ether oxygens (including phenoxy) is 2. The average molecular weight is 335 g/mol. The van der Waals surface area contributed by atoms with Crippen LogP contribution in [0.15, 0.2) is 46.9 Å². The van der Waals surface area contributed by atoms with Gasteiger partial charge in [-0.2, -0.15) is 0 Å². The van der Waals surface area contributed by atoms with Crippen molar-refractivity contribution in [2.24, 2.45) is 0 Å². The Bertz CT molecular complexity index is 606. The fourth-order valence-corrected chi connectivity index (χ4v) is 2.02. The SMILES string of the molecule is CCOC(=O)c1ccc(Oc2cc(Br)ccc2C)cc1. The summed E-state index contributed by atoms with van der Waals surface area (Å²) in [6, 6.07) is 12.8. The quantitative estimate of drug-likeness (QED) is 0.758. The van der Waals surface area contributed by atoms with Gasteiger partial charge in [0.05, 0.1) is 12.2 Å². The topological polar surface area (TPSA) is 35.5 Å². The van der Waals surface area contributed by atoms with Gasteiger partial charge in [-0.3, -0.25) is 0 Å². The van der Waals surface area contributed by atoms with Crippen molar-refractivity contribution in [2.75, 3.05) is 6.61 Å². The van der Waals surface area contributed by atoms with Gasteiger partial charge in [0.2, 0.25) is 0 Å². The third kappa shape index (κ3) is 3.61. The summed E-state index contributed by atoms with van der Waals surface area (Å²) < 4.78 is 11.7. The Kier molecular flexibility index (Phi) is 4.79. The van der Waals surface area contributed by atoms with E-state index in [1.165, 1.54) is 0 Å². The Morgan fingerprint density at radius 1 is 1.15 bits per heavy atom. The molecule has 20 heavy (non-hydrogen) atoms. The lowest BCUT2D eigenvalue weighted by Gasteiger charge is -2.09. The summed E-state index contributed by atoms with van der Waals surface area (Å²) in [4.78, 5) is 11.5. The Morgan fingerprint density at radius 2 is 1.85 bits per heavy atom. The molecule has 2 aromatic rings. The molecule has 0 amide bonds. The number of benzene rings is 2. The molecule has 0 radical (unpaired) electrons. The Hall–Kier alpha value is -1.81. The van der Waals surface area contributed by atoms with Crippen molar-refractivity contribution < 1.29 is 14.3 Å². The van der Waals surface area contributed by atoms with E-state index < -0.39 is 0 Å². The molecule has 0 bridgehead atoms. The number of halogens is 1. The van der Waals surface area contributed by atoms with E-state index >= 15 is 0 Å². The largest absolute Gasteiger partial charge is 0.462 e. The molecule has 2 rings (SSSR count). The van der Waals surface area contributed by atoms with Gasteiger partial charge in [-0.1, -0.05) is 22.0 Å². The second kappa shape index (κ2) is 6.57. The third-order valence-electron chi connectivity index (χ3n) is 2.74. The van der Waals surface area contributed by atoms with Gasteiger partial charge in [0.25, 0.3) is 0 Å². The number of rotatable bonds is 4. The number of carbonyl (C=O) groups is 1.